The second-order valence-electron chi connectivity index (χ2n) is 7.65. The number of benzene rings is 4. The van der Waals surface area contributed by atoms with Crippen molar-refractivity contribution in [2.45, 2.75) is 13.8 Å². The average molecular weight is 364 g/mol. The van der Waals surface area contributed by atoms with Crippen LogP contribution < -0.4 is 10.9 Å². The lowest BCUT2D eigenvalue weighted by Crippen LogP contribution is -2.05. The highest BCUT2D eigenvalue weighted by atomic mass is 16.1. The predicted molar refractivity (Wildman–Crippen MR) is 116 cm³/mol. The molecule has 4 aromatic carbocycles. The Morgan fingerprint density at radius 2 is 1.00 bits per heavy atom. The van der Waals surface area contributed by atoms with Crippen LogP contribution in [0.5, 0.6) is 0 Å². The number of pyridine rings is 2. The average Bonchev–Trinajstić information content (AvgIpc) is 2.66. The smallest absolute Gasteiger partial charge is 0.189 e. The van der Waals surface area contributed by atoms with Crippen molar-refractivity contribution < 1.29 is 0 Å². The molecule has 6 aromatic rings. The second-order valence-corrected chi connectivity index (χ2v) is 7.65. The van der Waals surface area contributed by atoms with Gasteiger partial charge >= 0.3 is 0 Å². The predicted octanol–water partition coefficient (Wildman–Crippen LogP) is 4.88. The van der Waals surface area contributed by atoms with E-state index in [9.17, 15) is 9.59 Å². The van der Waals surface area contributed by atoms with Gasteiger partial charge in [-0.25, -0.2) is 0 Å². The Labute approximate surface area is 158 Å². The van der Waals surface area contributed by atoms with Gasteiger partial charge in [0, 0.05) is 45.1 Å². The fourth-order valence-electron chi connectivity index (χ4n) is 4.62. The maximum Gasteiger partial charge on any atom is 0.189 e. The van der Waals surface area contributed by atoms with E-state index in [4.69, 9.17) is 0 Å². The lowest BCUT2D eigenvalue weighted by molar-refractivity contribution is 1.25. The Kier molecular flexibility index (Phi) is 2.74. The van der Waals surface area contributed by atoms with E-state index in [-0.39, 0.29) is 10.9 Å². The Morgan fingerprint density at radius 3 is 1.43 bits per heavy atom. The largest absolute Gasteiger partial charge is 0.358 e. The van der Waals surface area contributed by atoms with Gasteiger partial charge in [0.05, 0.1) is 11.0 Å². The Morgan fingerprint density at radius 1 is 0.571 bits per heavy atom. The topological polar surface area (TPSA) is 65.7 Å². The van der Waals surface area contributed by atoms with Crippen LogP contribution in [0.4, 0.5) is 0 Å². The molecular formula is C24H16N2O2. The molecule has 2 N–H and O–H groups in total. The van der Waals surface area contributed by atoms with Crippen molar-refractivity contribution in [1.82, 2.24) is 9.97 Å². The van der Waals surface area contributed by atoms with Gasteiger partial charge < -0.3 is 9.97 Å². The van der Waals surface area contributed by atoms with Crippen LogP contribution in [-0.2, 0) is 0 Å². The fourth-order valence-corrected chi connectivity index (χ4v) is 4.62. The van der Waals surface area contributed by atoms with Crippen LogP contribution in [0.1, 0.15) is 11.4 Å². The van der Waals surface area contributed by atoms with Crippen molar-refractivity contribution in [3.63, 3.8) is 0 Å². The lowest BCUT2D eigenvalue weighted by Gasteiger charge is -2.15. The molecule has 0 aliphatic carbocycles. The minimum atomic E-state index is 0.0298. The highest BCUT2D eigenvalue weighted by Gasteiger charge is 2.16. The van der Waals surface area contributed by atoms with Crippen LogP contribution in [0.3, 0.4) is 0 Å². The molecule has 0 saturated heterocycles. The SMILES string of the molecule is Cc1cc(=O)c2cc3ccc4c5[nH]c(C)cc(=O)c5cc5ccc(c2[nH]1)c3c54. The highest BCUT2D eigenvalue weighted by molar-refractivity contribution is 6.31. The summed E-state index contributed by atoms with van der Waals surface area (Å²) in [4.78, 5) is 31.9. The van der Waals surface area contributed by atoms with Crippen LogP contribution >= 0.6 is 0 Å². The summed E-state index contributed by atoms with van der Waals surface area (Å²) in [5.41, 5.74) is 3.48. The van der Waals surface area contributed by atoms with Gasteiger partial charge in [0.2, 0.25) is 0 Å². The van der Waals surface area contributed by atoms with Crippen molar-refractivity contribution >= 4 is 54.1 Å². The molecule has 0 aliphatic heterocycles. The molecule has 4 nitrogen and oxygen atoms in total. The number of aromatic amines is 2. The standard InChI is InChI=1S/C24H16N2O2/c1-11-7-19(27)17-9-13-4-6-16-22-14(3-5-15(21(13)22)23(17)25-11)10-18-20(28)8-12(2)26-24(16)18/h3-10H,1-2H3,(H,25,27)(H,26,28). The maximum atomic E-state index is 12.6. The van der Waals surface area contributed by atoms with Crippen LogP contribution in [0.15, 0.2) is 58.1 Å². The summed E-state index contributed by atoms with van der Waals surface area (Å²) in [7, 11) is 0. The van der Waals surface area contributed by atoms with E-state index < -0.39 is 0 Å². The number of aryl methyl sites for hydroxylation is 2. The van der Waals surface area contributed by atoms with Gasteiger partial charge in [-0.1, -0.05) is 24.3 Å². The van der Waals surface area contributed by atoms with E-state index in [0.29, 0.717) is 10.8 Å². The molecule has 2 aromatic heterocycles. The molecular weight excluding hydrogens is 348 g/mol. The van der Waals surface area contributed by atoms with E-state index in [1.807, 2.05) is 38.1 Å². The number of aromatic nitrogens is 2. The Hall–Kier alpha value is -3.66. The van der Waals surface area contributed by atoms with E-state index in [2.05, 4.69) is 22.1 Å². The zero-order chi connectivity index (χ0) is 19.2. The number of hydrogen-bond acceptors (Lipinski definition) is 2. The minimum Gasteiger partial charge on any atom is -0.358 e. The molecule has 0 fully saturated rings. The molecule has 0 unspecified atom stereocenters. The molecule has 134 valence electrons. The molecule has 0 aliphatic rings. The Balaban J connectivity index is 1.98. The molecule has 0 radical (unpaired) electrons. The van der Waals surface area contributed by atoms with Crippen LogP contribution in [-0.4, -0.2) is 9.97 Å². The van der Waals surface area contributed by atoms with Gasteiger partial charge in [-0.3, -0.25) is 9.59 Å². The third-order valence-electron chi connectivity index (χ3n) is 5.77. The summed E-state index contributed by atoms with van der Waals surface area (Å²) in [6.07, 6.45) is 0. The third kappa shape index (κ3) is 1.84. The zero-order valence-corrected chi connectivity index (χ0v) is 15.4. The molecule has 2 heterocycles. The first-order valence-electron chi connectivity index (χ1n) is 9.29. The molecule has 0 saturated carbocycles. The zero-order valence-electron chi connectivity index (χ0n) is 15.4. The highest BCUT2D eigenvalue weighted by Crippen LogP contribution is 2.39. The number of nitrogens with one attached hydrogen (secondary N) is 2. The van der Waals surface area contributed by atoms with Crippen molar-refractivity contribution in [3.05, 3.63) is 80.4 Å². The minimum absolute atomic E-state index is 0.0298. The summed E-state index contributed by atoms with van der Waals surface area (Å²) < 4.78 is 0. The molecule has 0 bridgehead atoms. The molecule has 4 heteroatoms. The second kappa shape index (κ2) is 4.98. The van der Waals surface area contributed by atoms with Gasteiger partial charge in [0.15, 0.2) is 10.9 Å². The van der Waals surface area contributed by atoms with Gasteiger partial charge in [0.1, 0.15) is 0 Å². The van der Waals surface area contributed by atoms with Gasteiger partial charge in [-0.05, 0) is 47.5 Å². The van der Waals surface area contributed by atoms with Crippen LogP contribution in [0, 0.1) is 13.8 Å². The third-order valence-corrected chi connectivity index (χ3v) is 5.77. The van der Waals surface area contributed by atoms with Crippen molar-refractivity contribution in [2.24, 2.45) is 0 Å². The van der Waals surface area contributed by atoms with Crippen molar-refractivity contribution in [1.29, 1.82) is 0 Å². The normalized spacial score (nSPS) is 12.2. The quantitative estimate of drug-likeness (QED) is 0.298. The van der Waals surface area contributed by atoms with E-state index in [1.54, 1.807) is 12.1 Å². The van der Waals surface area contributed by atoms with Crippen molar-refractivity contribution in [2.75, 3.05) is 0 Å². The first-order chi connectivity index (χ1) is 13.5. The summed E-state index contributed by atoms with van der Waals surface area (Å²) in [6, 6.07) is 15.4. The summed E-state index contributed by atoms with van der Waals surface area (Å²) in [5.74, 6) is 0. The summed E-state index contributed by atoms with van der Waals surface area (Å²) in [6.45, 7) is 3.81. The maximum absolute atomic E-state index is 12.6. The first-order valence-corrected chi connectivity index (χ1v) is 9.29. The van der Waals surface area contributed by atoms with Crippen LogP contribution in [0.25, 0.3) is 54.1 Å². The molecule has 6 rings (SSSR count). The molecule has 0 spiro atoms. The van der Waals surface area contributed by atoms with Gasteiger partial charge in [-0.15, -0.1) is 0 Å². The van der Waals surface area contributed by atoms with E-state index in [0.717, 1.165) is 54.7 Å². The number of fused-ring (bicyclic) bond motifs is 4. The fraction of sp³-hybridized carbons (Fsp3) is 0.0833. The monoisotopic (exact) mass is 364 g/mol. The van der Waals surface area contributed by atoms with Crippen LogP contribution in [0.2, 0.25) is 0 Å². The molecule has 0 atom stereocenters. The summed E-state index contributed by atoms with van der Waals surface area (Å²) >= 11 is 0. The van der Waals surface area contributed by atoms with E-state index >= 15 is 0 Å². The molecule has 28 heavy (non-hydrogen) atoms. The molecule has 0 amide bonds. The number of hydrogen-bond donors (Lipinski definition) is 2. The summed E-state index contributed by atoms with van der Waals surface area (Å²) in [5, 5.41) is 7.76. The lowest BCUT2D eigenvalue weighted by atomic mass is 9.91. The van der Waals surface area contributed by atoms with E-state index in [1.165, 1.54) is 0 Å². The van der Waals surface area contributed by atoms with Gasteiger partial charge in [-0.2, -0.15) is 0 Å². The number of H-pyrrole nitrogens is 2. The number of rotatable bonds is 0. The van der Waals surface area contributed by atoms with Crippen molar-refractivity contribution in [3.8, 4) is 0 Å². The first kappa shape index (κ1) is 15.4. The Bertz CT molecular complexity index is 1590. The van der Waals surface area contributed by atoms with Gasteiger partial charge in [0.25, 0.3) is 0 Å².